The Morgan fingerprint density at radius 1 is 1.45 bits per heavy atom. The van der Waals surface area contributed by atoms with Gasteiger partial charge in [-0.15, -0.1) is 6.42 Å². The Labute approximate surface area is 68.8 Å². The highest BCUT2D eigenvalue weighted by molar-refractivity contribution is 4.93. The summed E-state index contributed by atoms with van der Waals surface area (Å²) in [5.74, 6) is 3.19. The molecule has 62 valence electrons. The number of aliphatic hydroxyl groups is 1. The molecule has 11 heavy (non-hydrogen) atoms. The maximum atomic E-state index is 9.08. The fourth-order valence-electron chi connectivity index (χ4n) is 1.78. The molecule has 1 aliphatic carbocycles. The molecule has 0 bridgehead atoms. The van der Waals surface area contributed by atoms with Crippen molar-refractivity contribution in [1.82, 2.24) is 0 Å². The summed E-state index contributed by atoms with van der Waals surface area (Å²) in [6, 6.07) is 0. The first-order valence-electron chi connectivity index (χ1n) is 4.47. The third-order valence-electron chi connectivity index (χ3n) is 2.52. The molecule has 1 saturated carbocycles. The lowest BCUT2D eigenvalue weighted by Gasteiger charge is -2.08. The summed E-state index contributed by atoms with van der Waals surface area (Å²) < 4.78 is 0. The van der Waals surface area contributed by atoms with Crippen LogP contribution in [0, 0.1) is 18.3 Å². The van der Waals surface area contributed by atoms with E-state index < -0.39 is 6.10 Å². The normalized spacial score (nSPS) is 21.5. The number of hydrogen-bond acceptors (Lipinski definition) is 1. The van der Waals surface area contributed by atoms with Gasteiger partial charge < -0.3 is 5.11 Å². The Hall–Kier alpha value is -0.480. The fraction of sp³-hybridized carbons (Fsp3) is 0.800. The summed E-state index contributed by atoms with van der Waals surface area (Å²) in [5.41, 5.74) is 0. The minimum absolute atomic E-state index is 0.504. The fourth-order valence-corrected chi connectivity index (χ4v) is 1.78. The van der Waals surface area contributed by atoms with Gasteiger partial charge in [0.2, 0.25) is 0 Å². The summed E-state index contributed by atoms with van der Waals surface area (Å²) in [6.45, 7) is 0. The highest BCUT2D eigenvalue weighted by Gasteiger charge is 2.15. The van der Waals surface area contributed by atoms with Crippen LogP contribution in [0.4, 0.5) is 0 Å². The number of aliphatic hydroxyl groups excluding tert-OH is 1. The van der Waals surface area contributed by atoms with Crippen LogP contribution in [-0.2, 0) is 0 Å². The minimum atomic E-state index is -0.504. The molecular weight excluding hydrogens is 136 g/mol. The van der Waals surface area contributed by atoms with Crippen LogP contribution in [0.25, 0.3) is 0 Å². The van der Waals surface area contributed by atoms with Crippen molar-refractivity contribution in [2.45, 2.75) is 44.6 Å². The van der Waals surface area contributed by atoms with Crippen LogP contribution in [0.5, 0.6) is 0 Å². The Morgan fingerprint density at radius 3 is 2.64 bits per heavy atom. The van der Waals surface area contributed by atoms with Gasteiger partial charge in [0.05, 0.1) is 0 Å². The standard InChI is InChI=1S/C10H16O/c1-2-10(11)8-7-9-5-3-4-6-9/h1,9-11H,3-8H2. The zero-order valence-electron chi connectivity index (χ0n) is 6.92. The predicted molar refractivity (Wildman–Crippen MR) is 46.0 cm³/mol. The largest absolute Gasteiger partial charge is 0.380 e. The highest BCUT2D eigenvalue weighted by atomic mass is 16.3. The van der Waals surface area contributed by atoms with E-state index in [9.17, 15) is 0 Å². The Balaban J connectivity index is 2.07. The van der Waals surface area contributed by atoms with Gasteiger partial charge in [-0.1, -0.05) is 31.6 Å². The molecule has 1 N–H and O–H groups in total. The summed E-state index contributed by atoms with van der Waals surface area (Å²) in [4.78, 5) is 0. The van der Waals surface area contributed by atoms with E-state index in [-0.39, 0.29) is 0 Å². The van der Waals surface area contributed by atoms with Gasteiger partial charge in [-0.2, -0.15) is 0 Å². The van der Waals surface area contributed by atoms with E-state index in [4.69, 9.17) is 11.5 Å². The first-order chi connectivity index (χ1) is 5.33. The van der Waals surface area contributed by atoms with Crippen LogP contribution in [0.1, 0.15) is 38.5 Å². The molecule has 0 spiro atoms. The van der Waals surface area contributed by atoms with E-state index in [0.717, 1.165) is 18.8 Å². The van der Waals surface area contributed by atoms with Gasteiger partial charge in [0.1, 0.15) is 6.10 Å². The van der Waals surface area contributed by atoms with Gasteiger partial charge in [-0.25, -0.2) is 0 Å². The minimum Gasteiger partial charge on any atom is -0.380 e. The van der Waals surface area contributed by atoms with Crippen molar-refractivity contribution in [3.05, 3.63) is 0 Å². The molecule has 0 heterocycles. The quantitative estimate of drug-likeness (QED) is 0.613. The summed E-state index contributed by atoms with van der Waals surface area (Å²) in [6.07, 6.45) is 11.9. The molecule has 1 fully saturated rings. The Kier molecular flexibility index (Phi) is 3.45. The van der Waals surface area contributed by atoms with Crippen LogP contribution in [0.15, 0.2) is 0 Å². The van der Waals surface area contributed by atoms with Gasteiger partial charge in [0.25, 0.3) is 0 Å². The number of rotatable bonds is 3. The van der Waals surface area contributed by atoms with Gasteiger partial charge in [0, 0.05) is 0 Å². The molecule has 0 saturated heterocycles. The summed E-state index contributed by atoms with van der Waals surface area (Å²) in [7, 11) is 0. The van der Waals surface area contributed by atoms with E-state index in [1.54, 1.807) is 0 Å². The zero-order chi connectivity index (χ0) is 8.10. The van der Waals surface area contributed by atoms with Crippen LogP contribution in [0.3, 0.4) is 0 Å². The third-order valence-corrected chi connectivity index (χ3v) is 2.52. The van der Waals surface area contributed by atoms with Crippen LogP contribution in [0.2, 0.25) is 0 Å². The van der Waals surface area contributed by atoms with E-state index in [1.807, 2.05) is 0 Å². The van der Waals surface area contributed by atoms with Gasteiger partial charge in [0.15, 0.2) is 0 Å². The van der Waals surface area contributed by atoms with E-state index in [1.165, 1.54) is 25.7 Å². The smallest absolute Gasteiger partial charge is 0.114 e. The molecule has 0 radical (unpaired) electrons. The van der Waals surface area contributed by atoms with Crippen LogP contribution < -0.4 is 0 Å². The first kappa shape index (κ1) is 8.62. The average Bonchev–Trinajstić information content (AvgIpc) is 2.52. The molecule has 1 aliphatic rings. The van der Waals surface area contributed by atoms with Crippen molar-refractivity contribution in [3.8, 4) is 12.3 Å². The summed E-state index contributed by atoms with van der Waals surface area (Å²) >= 11 is 0. The number of hydrogen-bond donors (Lipinski definition) is 1. The molecule has 0 amide bonds. The van der Waals surface area contributed by atoms with Crippen molar-refractivity contribution in [2.75, 3.05) is 0 Å². The van der Waals surface area contributed by atoms with Crippen molar-refractivity contribution >= 4 is 0 Å². The molecule has 0 aromatic rings. The molecule has 1 heteroatoms. The first-order valence-corrected chi connectivity index (χ1v) is 4.47. The highest BCUT2D eigenvalue weighted by Crippen LogP contribution is 2.28. The second-order valence-electron chi connectivity index (χ2n) is 3.41. The maximum absolute atomic E-state index is 9.08. The predicted octanol–water partition coefficient (Wildman–Crippen LogP) is 1.95. The lowest BCUT2D eigenvalue weighted by molar-refractivity contribution is 0.209. The maximum Gasteiger partial charge on any atom is 0.114 e. The molecular formula is C10H16O. The van der Waals surface area contributed by atoms with Gasteiger partial charge in [-0.3, -0.25) is 0 Å². The topological polar surface area (TPSA) is 20.2 Å². The molecule has 1 nitrogen and oxygen atoms in total. The Bertz CT molecular complexity index is 139. The lowest BCUT2D eigenvalue weighted by Crippen LogP contribution is -2.05. The monoisotopic (exact) mass is 152 g/mol. The van der Waals surface area contributed by atoms with E-state index in [2.05, 4.69) is 5.92 Å². The summed E-state index contributed by atoms with van der Waals surface area (Å²) in [5, 5.41) is 9.08. The number of terminal acetylenes is 1. The van der Waals surface area contributed by atoms with Crippen molar-refractivity contribution < 1.29 is 5.11 Å². The molecule has 1 unspecified atom stereocenters. The van der Waals surface area contributed by atoms with Crippen LogP contribution >= 0.6 is 0 Å². The van der Waals surface area contributed by atoms with E-state index in [0.29, 0.717) is 0 Å². The van der Waals surface area contributed by atoms with Gasteiger partial charge in [-0.05, 0) is 18.8 Å². The van der Waals surface area contributed by atoms with Crippen molar-refractivity contribution in [3.63, 3.8) is 0 Å². The van der Waals surface area contributed by atoms with Crippen molar-refractivity contribution in [2.24, 2.45) is 5.92 Å². The molecule has 0 aliphatic heterocycles. The third kappa shape index (κ3) is 2.95. The second-order valence-corrected chi connectivity index (χ2v) is 3.41. The lowest BCUT2D eigenvalue weighted by atomic mass is 10.00. The Morgan fingerprint density at radius 2 is 2.09 bits per heavy atom. The SMILES string of the molecule is C#CC(O)CCC1CCCC1. The zero-order valence-corrected chi connectivity index (χ0v) is 6.92. The van der Waals surface area contributed by atoms with Gasteiger partial charge >= 0.3 is 0 Å². The second kappa shape index (κ2) is 4.41. The molecule has 1 rings (SSSR count). The molecule has 0 aromatic heterocycles. The van der Waals surface area contributed by atoms with E-state index >= 15 is 0 Å². The average molecular weight is 152 g/mol. The molecule has 1 atom stereocenters. The van der Waals surface area contributed by atoms with Crippen molar-refractivity contribution in [1.29, 1.82) is 0 Å². The molecule has 0 aromatic carbocycles. The van der Waals surface area contributed by atoms with Crippen LogP contribution in [-0.4, -0.2) is 11.2 Å².